The Morgan fingerprint density at radius 2 is 1.53 bits per heavy atom. The first-order valence-corrected chi connectivity index (χ1v) is 11.4. The van der Waals surface area contributed by atoms with Crippen LogP contribution in [0, 0.1) is 6.92 Å². The summed E-state index contributed by atoms with van der Waals surface area (Å²) in [5.74, 6) is -0.393. The molecule has 3 aromatic rings. The Kier molecular flexibility index (Phi) is 7.03. The second-order valence-corrected chi connectivity index (χ2v) is 8.89. The minimum atomic E-state index is -3.86. The molecule has 0 fully saturated rings. The topological polar surface area (TPSA) is 75.3 Å². The molecule has 5 nitrogen and oxygen atoms in total. The number of aryl methyl sites for hydroxylation is 2. The van der Waals surface area contributed by atoms with E-state index in [1.807, 2.05) is 68.4 Å². The number of para-hydroxylation sites is 1. The normalized spacial score (nSPS) is 12.3. The van der Waals surface area contributed by atoms with Crippen LogP contribution in [0.25, 0.3) is 0 Å². The van der Waals surface area contributed by atoms with E-state index in [0.717, 1.165) is 23.1 Å². The van der Waals surface area contributed by atoms with Gasteiger partial charge in [-0.15, -0.1) is 0 Å². The predicted molar refractivity (Wildman–Crippen MR) is 120 cm³/mol. The molecular formula is C24H26N2O3S. The van der Waals surface area contributed by atoms with Crippen LogP contribution in [0.15, 0.2) is 83.8 Å². The Balaban J connectivity index is 1.88. The standard InChI is InChI=1S/C24H26N2O3S/c1-3-20-11-7-8-12-22(20)25-24(27)23(17-19-9-5-4-6-10-19)26-30(28,29)21-15-13-18(2)14-16-21/h4-16,23,26H,3,17H2,1-2H3,(H,25,27)/t23-/m1/s1. The van der Waals surface area contributed by atoms with Crippen molar-refractivity contribution in [1.29, 1.82) is 0 Å². The second-order valence-electron chi connectivity index (χ2n) is 7.18. The maximum absolute atomic E-state index is 13.1. The van der Waals surface area contributed by atoms with Gasteiger partial charge in [0.25, 0.3) is 0 Å². The molecule has 0 bridgehead atoms. The number of hydrogen-bond acceptors (Lipinski definition) is 3. The molecule has 0 aliphatic heterocycles. The van der Waals surface area contributed by atoms with E-state index in [2.05, 4.69) is 10.0 Å². The van der Waals surface area contributed by atoms with Gasteiger partial charge in [-0.3, -0.25) is 4.79 Å². The summed E-state index contributed by atoms with van der Waals surface area (Å²) in [4.78, 5) is 13.2. The van der Waals surface area contributed by atoms with Gasteiger partial charge in [0.2, 0.25) is 15.9 Å². The summed E-state index contributed by atoms with van der Waals surface area (Å²) in [7, 11) is -3.86. The lowest BCUT2D eigenvalue weighted by molar-refractivity contribution is -0.117. The smallest absolute Gasteiger partial charge is 0.242 e. The molecule has 1 atom stereocenters. The molecule has 0 aliphatic carbocycles. The zero-order valence-corrected chi connectivity index (χ0v) is 17.9. The van der Waals surface area contributed by atoms with Crippen LogP contribution in [0.5, 0.6) is 0 Å². The number of carbonyl (C=O) groups is 1. The van der Waals surface area contributed by atoms with E-state index < -0.39 is 22.0 Å². The monoisotopic (exact) mass is 422 g/mol. The number of benzene rings is 3. The first-order chi connectivity index (χ1) is 14.4. The van der Waals surface area contributed by atoms with Gasteiger partial charge in [0.15, 0.2) is 0 Å². The van der Waals surface area contributed by atoms with Gasteiger partial charge >= 0.3 is 0 Å². The summed E-state index contributed by atoms with van der Waals surface area (Å²) in [5, 5.41) is 2.90. The van der Waals surface area contributed by atoms with E-state index in [1.165, 1.54) is 0 Å². The molecule has 2 N–H and O–H groups in total. The summed E-state index contributed by atoms with van der Waals surface area (Å²) < 4.78 is 28.5. The van der Waals surface area contributed by atoms with Gasteiger partial charge in [-0.05, 0) is 49.1 Å². The van der Waals surface area contributed by atoms with Crippen LogP contribution in [-0.4, -0.2) is 20.4 Å². The fourth-order valence-corrected chi connectivity index (χ4v) is 4.38. The molecule has 0 unspecified atom stereocenters. The maximum atomic E-state index is 13.1. The molecular weight excluding hydrogens is 396 g/mol. The molecule has 0 saturated heterocycles. The van der Waals surface area contributed by atoms with Crippen LogP contribution in [-0.2, 0) is 27.7 Å². The van der Waals surface area contributed by atoms with E-state index in [1.54, 1.807) is 24.3 Å². The molecule has 3 aromatic carbocycles. The molecule has 0 aromatic heterocycles. The number of nitrogens with one attached hydrogen (secondary N) is 2. The summed E-state index contributed by atoms with van der Waals surface area (Å²) >= 11 is 0. The van der Waals surface area contributed by atoms with Crippen molar-refractivity contribution in [3.05, 3.63) is 95.6 Å². The Hall–Kier alpha value is -2.96. The van der Waals surface area contributed by atoms with Crippen molar-refractivity contribution in [2.45, 2.75) is 37.6 Å². The molecule has 0 spiro atoms. The second kappa shape index (κ2) is 9.69. The van der Waals surface area contributed by atoms with E-state index in [-0.39, 0.29) is 11.3 Å². The van der Waals surface area contributed by atoms with Crippen molar-refractivity contribution < 1.29 is 13.2 Å². The summed E-state index contributed by atoms with van der Waals surface area (Å²) in [5.41, 5.74) is 3.51. The number of rotatable bonds is 8. The average molecular weight is 423 g/mol. The minimum Gasteiger partial charge on any atom is -0.324 e. The van der Waals surface area contributed by atoms with Gasteiger partial charge in [0, 0.05) is 5.69 Å². The number of sulfonamides is 1. The third-order valence-corrected chi connectivity index (χ3v) is 6.37. The summed E-state index contributed by atoms with van der Waals surface area (Å²) in [6.45, 7) is 3.90. The van der Waals surface area contributed by atoms with Gasteiger partial charge in [0.1, 0.15) is 6.04 Å². The molecule has 30 heavy (non-hydrogen) atoms. The first-order valence-electron chi connectivity index (χ1n) is 9.90. The average Bonchev–Trinajstić information content (AvgIpc) is 2.74. The van der Waals surface area contributed by atoms with Crippen molar-refractivity contribution in [3.8, 4) is 0 Å². The maximum Gasteiger partial charge on any atom is 0.242 e. The van der Waals surface area contributed by atoms with Crippen LogP contribution in [0.4, 0.5) is 5.69 Å². The molecule has 0 aliphatic rings. The molecule has 0 saturated carbocycles. The zero-order valence-electron chi connectivity index (χ0n) is 17.1. The minimum absolute atomic E-state index is 0.132. The van der Waals surface area contributed by atoms with Crippen LogP contribution < -0.4 is 10.0 Å². The van der Waals surface area contributed by atoms with Crippen molar-refractivity contribution in [3.63, 3.8) is 0 Å². The van der Waals surface area contributed by atoms with Crippen LogP contribution in [0.2, 0.25) is 0 Å². The molecule has 0 radical (unpaired) electrons. The van der Waals surface area contributed by atoms with E-state index >= 15 is 0 Å². The Bertz CT molecular complexity index is 1090. The van der Waals surface area contributed by atoms with Gasteiger partial charge in [-0.1, -0.05) is 73.2 Å². The lowest BCUT2D eigenvalue weighted by atomic mass is 10.1. The van der Waals surface area contributed by atoms with Crippen LogP contribution in [0.1, 0.15) is 23.6 Å². The fraction of sp³-hybridized carbons (Fsp3) is 0.208. The summed E-state index contributed by atoms with van der Waals surface area (Å²) in [6, 6.07) is 22.5. The third-order valence-electron chi connectivity index (χ3n) is 4.88. The van der Waals surface area contributed by atoms with E-state index in [9.17, 15) is 13.2 Å². The number of carbonyl (C=O) groups excluding carboxylic acids is 1. The molecule has 156 valence electrons. The van der Waals surface area contributed by atoms with E-state index in [0.29, 0.717) is 5.69 Å². The molecule has 6 heteroatoms. The highest BCUT2D eigenvalue weighted by Gasteiger charge is 2.26. The highest BCUT2D eigenvalue weighted by Crippen LogP contribution is 2.17. The van der Waals surface area contributed by atoms with E-state index in [4.69, 9.17) is 0 Å². The van der Waals surface area contributed by atoms with Crippen molar-refractivity contribution >= 4 is 21.6 Å². The van der Waals surface area contributed by atoms with Crippen molar-refractivity contribution in [2.75, 3.05) is 5.32 Å². The highest BCUT2D eigenvalue weighted by atomic mass is 32.2. The molecule has 0 heterocycles. The van der Waals surface area contributed by atoms with Crippen molar-refractivity contribution in [2.24, 2.45) is 0 Å². The Labute approximate surface area is 178 Å². The number of amides is 1. The third kappa shape index (κ3) is 5.55. The van der Waals surface area contributed by atoms with Crippen LogP contribution in [0.3, 0.4) is 0 Å². The van der Waals surface area contributed by atoms with Crippen LogP contribution >= 0.6 is 0 Å². The number of anilines is 1. The Morgan fingerprint density at radius 1 is 0.900 bits per heavy atom. The van der Waals surface area contributed by atoms with Gasteiger partial charge < -0.3 is 5.32 Å². The Morgan fingerprint density at radius 3 is 2.20 bits per heavy atom. The SMILES string of the molecule is CCc1ccccc1NC(=O)[C@@H](Cc1ccccc1)NS(=O)(=O)c1ccc(C)cc1. The first kappa shape index (κ1) is 21.7. The molecule has 1 amide bonds. The summed E-state index contributed by atoms with van der Waals surface area (Å²) in [6.07, 6.45) is 1.00. The predicted octanol–water partition coefficient (Wildman–Crippen LogP) is 4.09. The quantitative estimate of drug-likeness (QED) is 0.574. The van der Waals surface area contributed by atoms with Crippen molar-refractivity contribution in [1.82, 2.24) is 4.72 Å². The number of hydrogen-bond donors (Lipinski definition) is 2. The zero-order chi connectivity index (χ0) is 21.6. The van der Waals surface area contributed by atoms with Gasteiger partial charge in [-0.2, -0.15) is 4.72 Å². The highest BCUT2D eigenvalue weighted by molar-refractivity contribution is 7.89. The fourth-order valence-electron chi connectivity index (χ4n) is 3.18. The van der Waals surface area contributed by atoms with Gasteiger partial charge in [0.05, 0.1) is 4.90 Å². The lowest BCUT2D eigenvalue weighted by Gasteiger charge is -2.20. The molecule has 3 rings (SSSR count). The largest absolute Gasteiger partial charge is 0.324 e. The lowest BCUT2D eigenvalue weighted by Crippen LogP contribution is -2.45. The van der Waals surface area contributed by atoms with Gasteiger partial charge in [-0.25, -0.2) is 8.42 Å².